The van der Waals surface area contributed by atoms with E-state index in [1.165, 1.54) is 100 Å². The molecule has 2 heteroatoms. The first kappa shape index (κ1) is 42.7. The molecule has 1 aromatic heterocycles. The van der Waals surface area contributed by atoms with E-state index in [1.807, 2.05) is 0 Å². The molecule has 16 rings (SSSR count). The average molecular weight is 966 g/mol. The van der Waals surface area contributed by atoms with Gasteiger partial charge in [0.15, 0.2) is 0 Å². The maximum Gasteiger partial charge on any atom is 0.137 e. The summed E-state index contributed by atoms with van der Waals surface area (Å²) >= 11 is 0. The van der Waals surface area contributed by atoms with Crippen molar-refractivity contribution in [2.45, 2.75) is 10.8 Å². The second-order valence-electron chi connectivity index (χ2n) is 20.6. The van der Waals surface area contributed by atoms with Crippen LogP contribution in [0.1, 0.15) is 44.5 Å². The summed E-state index contributed by atoms with van der Waals surface area (Å²) in [6, 6.07) is 106. The van der Waals surface area contributed by atoms with Crippen LogP contribution in [0.5, 0.6) is 0 Å². The molecule has 76 heavy (non-hydrogen) atoms. The quantitative estimate of drug-likeness (QED) is 0.158. The van der Waals surface area contributed by atoms with Gasteiger partial charge in [-0.15, -0.1) is 0 Å². The van der Waals surface area contributed by atoms with Crippen LogP contribution in [0.4, 0.5) is 17.1 Å². The molecule has 2 nitrogen and oxygen atoms in total. The van der Waals surface area contributed by atoms with Gasteiger partial charge in [-0.2, -0.15) is 0 Å². The topological polar surface area (TPSA) is 16.4 Å². The van der Waals surface area contributed by atoms with E-state index >= 15 is 0 Å². The zero-order valence-electron chi connectivity index (χ0n) is 41.5. The number of hydrogen-bond acceptors (Lipinski definition) is 2. The molecule has 0 aliphatic heterocycles. The van der Waals surface area contributed by atoms with Crippen LogP contribution < -0.4 is 4.90 Å². The summed E-state index contributed by atoms with van der Waals surface area (Å²) in [7, 11) is 0. The third kappa shape index (κ3) is 5.81. The van der Waals surface area contributed by atoms with Gasteiger partial charge in [0.2, 0.25) is 0 Å². The highest BCUT2D eigenvalue weighted by Crippen LogP contribution is 2.66. The Labute approximate surface area is 442 Å². The van der Waals surface area contributed by atoms with Crippen LogP contribution in [0, 0.1) is 0 Å². The molecular formula is C74H47NO. The molecule has 3 aliphatic carbocycles. The van der Waals surface area contributed by atoms with E-state index in [2.05, 4.69) is 290 Å². The molecule has 3 aliphatic rings. The third-order valence-corrected chi connectivity index (χ3v) is 17.0. The van der Waals surface area contributed by atoms with Crippen LogP contribution in [-0.2, 0) is 10.8 Å². The molecular weight excluding hydrogens is 919 g/mol. The Morgan fingerprint density at radius 2 is 0.671 bits per heavy atom. The predicted molar refractivity (Wildman–Crippen MR) is 313 cm³/mol. The zero-order valence-corrected chi connectivity index (χ0v) is 41.5. The maximum atomic E-state index is 6.78. The molecule has 0 unspecified atom stereocenters. The van der Waals surface area contributed by atoms with Crippen molar-refractivity contribution in [3.8, 4) is 55.6 Å². The van der Waals surface area contributed by atoms with E-state index in [-0.39, 0.29) is 0 Å². The molecule has 354 valence electrons. The first-order valence-electron chi connectivity index (χ1n) is 26.4. The minimum atomic E-state index is -0.710. The fourth-order valence-corrected chi connectivity index (χ4v) is 14.0. The van der Waals surface area contributed by atoms with Crippen LogP contribution in [0.25, 0.3) is 77.6 Å². The van der Waals surface area contributed by atoms with Crippen LogP contribution in [0.3, 0.4) is 0 Å². The summed E-state index contributed by atoms with van der Waals surface area (Å²) in [4.78, 5) is 2.56. The van der Waals surface area contributed by atoms with E-state index in [0.717, 1.165) is 39.0 Å². The number of hydrogen-bond donors (Lipinski definition) is 0. The van der Waals surface area contributed by atoms with E-state index in [0.29, 0.717) is 0 Å². The molecule has 0 amide bonds. The van der Waals surface area contributed by atoms with Crippen LogP contribution >= 0.6 is 0 Å². The second kappa shape index (κ2) is 16.4. The van der Waals surface area contributed by atoms with Crippen molar-refractivity contribution in [3.63, 3.8) is 0 Å². The molecule has 0 N–H and O–H groups in total. The monoisotopic (exact) mass is 965 g/mol. The van der Waals surface area contributed by atoms with Crippen molar-refractivity contribution in [2.75, 3.05) is 4.90 Å². The average Bonchev–Trinajstić information content (AvgIpc) is 4.42. The van der Waals surface area contributed by atoms with Gasteiger partial charge >= 0.3 is 0 Å². The molecule has 13 aromatic rings. The van der Waals surface area contributed by atoms with Crippen molar-refractivity contribution in [1.82, 2.24) is 0 Å². The molecule has 0 bridgehead atoms. The van der Waals surface area contributed by atoms with Gasteiger partial charge in [-0.3, -0.25) is 0 Å². The van der Waals surface area contributed by atoms with Crippen molar-refractivity contribution in [1.29, 1.82) is 0 Å². The maximum absolute atomic E-state index is 6.78. The Bertz CT molecular complexity index is 4360. The fourth-order valence-electron chi connectivity index (χ4n) is 14.0. The number of fused-ring (bicyclic) bond motifs is 16. The Balaban J connectivity index is 1.02. The van der Waals surface area contributed by atoms with Crippen molar-refractivity contribution < 1.29 is 4.42 Å². The molecule has 0 fully saturated rings. The van der Waals surface area contributed by atoms with Crippen molar-refractivity contribution in [2.24, 2.45) is 0 Å². The summed E-state index contributed by atoms with van der Waals surface area (Å²) in [5, 5.41) is 2.21. The molecule has 1 spiro atoms. The molecule has 1 heterocycles. The van der Waals surface area contributed by atoms with E-state index in [1.54, 1.807) is 0 Å². The standard InChI is InChI=1S/C74H47NO/c1-3-21-48(22-4-1)50-25-17-27-52(45-50)73(53-28-18-26-51(46-53)49-23-5-2-6-24-49)63-36-14-9-32-59(63)71-65(73)38-19-40-67(71)75(54-43-44-58-57-31-11-16-42-69(57)76-70(58)47-54)68-41-20-39-66-72(68)60-33-10-15-37-64(60)74(66)61-34-12-7-29-55(61)56-30-8-13-35-62(56)74/h1-47H. The van der Waals surface area contributed by atoms with Gasteiger partial charge in [0, 0.05) is 33.7 Å². The predicted octanol–water partition coefficient (Wildman–Crippen LogP) is 19.1. The van der Waals surface area contributed by atoms with Gasteiger partial charge in [-0.25, -0.2) is 0 Å². The molecule has 0 radical (unpaired) electrons. The molecule has 12 aromatic carbocycles. The lowest BCUT2D eigenvalue weighted by atomic mass is 9.67. The smallest absolute Gasteiger partial charge is 0.137 e. The van der Waals surface area contributed by atoms with Crippen molar-refractivity contribution in [3.05, 3.63) is 330 Å². The van der Waals surface area contributed by atoms with Crippen LogP contribution in [0.15, 0.2) is 290 Å². The lowest BCUT2D eigenvalue weighted by molar-refractivity contribution is 0.669. The Kier molecular flexibility index (Phi) is 9.20. The van der Waals surface area contributed by atoms with Gasteiger partial charge in [0.05, 0.1) is 22.2 Å². The van der Waals surface area contributed by atoms with Crippen LogP contribution in [0.2, 0.25) is 0 Å². The molecule has 0 atom stereocenters. The second-order valence-corrected chi connectivity index (χ2v) is 20.6. The number of furan rings is 1. The lowest BCUT2D eigenvalue weighted by Gasteiger charge is -2.35. The zero-order chi connectivity index (χ0) is 50.0. The molecule has 0 saturated carbocycles. The Hall–Kier alpha value is -9.76. The minimum absolute atomic E-state index is 0.516. The fraction of sp³-hybridized carbons (Fsp3) is 0.0270. The van der Waals surface area contributed by atoms with Gasteiger partial charge in [0.1, 0.15) is 11.2 Å². The van der Waals surface area contributed by atoms with E-state index in [4.69, 9.17) is 4.42 Å². The Morgan fingerprint density at radius 1 is 0.263 bits per heavy atom. The minimum Gasteiger partial charge on any atom is -0.456 e. The largest absolute Gasteiger partial charge is 0.456 e. The highest BCUT2D eigenvalue weighted by atomic mass is 16.3. The van der Waals surface area contributed by atoms with Gasteiger partial charge in [0.25, 0.3) is 0 Å². The third-order valence-electron chi connectivity index (χ3n) is 17.0. The highest BCUT2D eigenvalue weighted by molar-refractivity contribution is 6.08. The number of rotatable bonds is 7. The summed E-state index contributed by atoms with van der Waals surface area (Å²) in [5.74, 6) is 0. The number of anilines is 3. The Morgan fingerprint density at radius 3 is 1.24 bits per heavy atom. The summed E-state index contributed by atoms with van der Waals surface area (Å²) in [5.41, 5.74) is 26.1. The number of para-hydroxylation sites is 1. The number of benzene rings is 12. The normalized spacial score (nSPS) is 13.7. The summed E-state index contributed by atoms with van der Waals surface area (Å²) in [6.45, 7) is 0. The SMILES string of the molecule is c1ccc(-c2cccc(C3(c4cccc(-c5ccccc5)c4)c4ccccc4-c4c(N(c5ccc6c(c5)oc5ccccc56)c5cccc6c5-c5ccccc5C65c6ccccc6-c6ccccc65)cccc43)c2)cc1. The van der Waals surface area contributed by atoms with Gasteiger partial charge in [-0.05, 0) is 131 Å². The van der Waals surface area contributed by atoms with Crippen molar-refractivity contribution >= 4 is 39.0 Å². The lowest BCUT2D eigenvalue weighted by Crippen LogP contribution is -2.29. The van der Waals surface area contributed by atoms with E-state index in [9.17, 15) is 0 Å². The number of nitrogens with zero attached hydrogens (tertiary/aromatic N) is 1. The van der Waals surface area contributed by atoms with Crippen LogP contribution in [-0.4, -0.2) is 0 Å². The molecule has 0 saturated heterocycles. The highest BCUT2D eigenvalue weighted by Gasteiger charge is 2.53. The first-order chi connectivity index (χ1) is 37.7. The summed E-state index contributed by atoms with van der Waals surface area (Å²) in [6.07, 6.45) is 0. The van der Waals surface area contributed by atoms with Gasteiger partial charge < -0.3 is 9.32 Å². The van der Waals surface area contributed by atoms with Gasteiger partial charge in [-0.1, -0.05) is 237 Å². The first-order valence-corrected chi connectivity index (χ1v) is 26.4. The summed E-state index contributed by atoms with van der Waals surface area (Å²) < 4.78 is 6.78. The van der Waals surface area contributed by atoms with E-state index < -0.39 is 10.8 Å².